The van der Waals surface area contributed by atoms with Crippen LogP contribution in [0.3, 0.4) is 0 Å². The molecule has 1 fully saturated rings. The predicted molar refractivity (Wildman–Crippen MR) is 93.2 cm³/mol. The number of imidazole rings is 1. The van der Waals surface area contributed by atoms with E-state index >= 15 is 0 Å². The first-order chi connectivity index (χ1) is 10.9. The van der Waals surface area contributed by atoms with E-state index in [2.05, 4.69) is 36.4 Å². The van der Waals surface area contributed by atoms with Crippen LogP contribution < -0.4 is 0 Å². The van der Waals surface area contributed by atoms with Crippen molar-refractivity contribution in [1.29, 1.82) is 0 Å². The summed E-state index contributed by atoms with van der Waals surface area (Å²) in [7, 11) is -2.89. The quantitative estimate of drug-likeness (QED) is 0.853. The van der Waals surface area contributed by atoms with Gasteiger partial charge in [-0.05, 0) is 37.5 Å². The number of sulfone groups is 1. The average Bonchev–Trinajstić information content (AvgIpc) is 3.06. The number of benzene rings is 1. The van der Waals surface area contributed by atoms with Crippen molar-refractivity contribution in [2.75, 3.05) is 18.1 Å². The second-order valence-electron chi connectivity index (χ2n) is 6.36. The van der Waals surface area contributed by atoms with Crippen LogP contribution in [0.5, 0.6) is 0 Å². The van der Waals surface area contributed by atoms with E-state index in [4.69, 9.17) is 4.98 Å². The van der Waals surface area contributed by atoms with Gasteiger partial charge in [-0.2, -0.15) is 0 Å². The molecule has 1 aromatic carbocycles. The highest BCUT2D eigenvalue weighted by Gasteiger charge is 2.32. The van der Waals surface area contributed by atoms with Gasteiger partial charge in [0.2, 0.25) is 0 Å². The molecule has 3 rings (SSSR count). The maximum absolute atomic E-state index is 11.7. The number of aryl methyl sites for hydroxylation is 2. The van der Waals surface area contributed by atoms with Crippen molar-refractivity contribution in [2.24, 2.45) is 0 Å². The molecule has 5 nitrogen and oxygen atoms in total. The van der Waals surface area contributed by atoms with Crippen molar-refractivity contribution in [3.05, 3.63) is 41.7 Å². The number of fused-ring (bicyclic) bond motifs is 1. The molecule has 0 radical (unpaired) electrons. The molecule has 1 N–H and O–H groups in total. The molecule has 1 aliphatic heterocycles. The van der Waals surface area contributed by atoms with Crippen molar-refractivity contribution in [1.82, 2.24) is 14.9 Å². The molecule has 0 saturated carbocycles. The topological polar surface area (TPSA) is 66.1 Å². The smallest absolute Gasteiger partial charge is 0.151 e. The Bertz CT molecular complexity index is 839. The van der Waals surface area contributed by atoms with Gasteiger partial charge < -0.3 is 4.98 Å². The summed E-state index contributed by atoms with van der Waals surface area (Å²) in [6.07, 6.45) is 2.51. The van der Waals surface area contributed by atoms with Gasteiger partial charge in [0.1, 0.15) is 5.82 Å². The fourth-order valence-corrected chi connectivity index (χ4v) is 4.97. The summed E-state index contributed by atoms with van der Waals surface area (Å²) in [5.74, 6) is 1.39. The lowest BCUT2D eigenvalue weighted by Crippen LogP contribution is -2.36. The number of H-pyrrole nitrogens is 1. The maximum atomic E-state index is 11.7. The summed E-state index contributed by atoms with van der Waals surface area (Å²) in [4.78, 5) is 10.2. The van der Waals surface area contributed by atoms with Gasteiger partial charge in [0, 0.05) is 12.6 Å². The first-order valence-corrected chi connectivity index (χ1v) is 9.72. The van der Waals surface area contributed by atoms with Crippen LogP contribution >= 0.6 is 0 Å². The molecule has 0 unspecified atom stereocenters. The summed E-state index contributed by atoms with van der Waals surface area (Å²) in [6, 6.07) is 4.19. The number of nitrogens with zero attached hydrogens (tertiary/aromatic N) is 2. The van der Waals surface area contributed by atoms with Gasteiger partial charge in [0.15, 0.2) is 9.84 Å². The summed E-state index contributed by atoms with van der Waals surface area (Å²) in [5, 5.41) is 0. The largest absolute Gasteiger partial charge is 0.341 e. The summed E-state index contributed by atoms with van der Waals surface area (Å²) in [6.45, 7) is 9.23. The van der Waals surface area contributed by atoms with E-state index in [9.17, 15) is 8.42 Å². The molecule has 0 amide bonds. The normalized spacial score (nSPS) is 20.4. The Hall–Kier alpha value is -1.66. The Balaban J connectivity index is 1.86. The Morgan fingerprint density at radius 3 is 2.87 bits per heavy atom. The second kappa shape index (κ2) is 6.09. The third kappa shape index (κ3) is 3.33. The number of hydrogen-bond donors (Lipinski definition) is 1. The summed E-state index contributed by atoms with van der Waals surface area (Å²) in [5.41, 5.74) is 4.43. The van der Waals surface area contributed by atoms with Gasteiger partial charge >= 0.3 is 0 Å². The van der Waals surface area contributed by atoms with Crippen molar-refractivity contribution < 1.29 is 8.42 Å². The molecule has 2 heterocycles. The zero-order valence-corrected chi connectivity index (χ0v) is 14.5. The van der Waals surface area contributed by atoms with E-state index in [0.717, 1.165) is 16.9 Å². The Labute approximate surface area is 137 Å². The van der Waals surface area contributed by atoms with Gasteiger partial charge in [0.05, 0.1) is 29.1 Å². The second-order valence-corrected chi connectivity index (χ2v) is 8.59. The zero-order valence-electron chi connectivity index (χ0n) is 13.7. The monoisotopic (exact) mass is 333 g/mol. The predicted octanol–water partition coefficient (Wildman–Crippen LogP) is 2.35. The molecule has 0 spiro atoms. The van der Waals surface area contributed by atoms with Gasteiger partial charge in [-0.3, -0.25) is 4.90 Å². The average molecular weight is 333 g/mol. The Kier molecular flexibility index (Phi) is 4.29. The number of aromatic nitrogens is 2. The molecule has 1 aliphatic rings. The molecule has 1 saturated heterocycles. The van der Waals surface area contributed by atoms with Crippen LogP contribution in [0.15, 0.2) is 24.8 Å². The van der Waals surface area contributed by atoms with Gasteiger partial charge in [-0.1, -0.05) is 12.1 Å². The zero-order chi connectivity index (χ0) is 16.6. The van der Waals surface area contributed by atoms with Gasteiger partial charge in [-0.15, -0.1) is 6.58 Å². The molecule has 6 heteroatoms. The number of nitrogens with one attached hydrogen (secondary N) is 1. The van der Waals surface area contributed by atoms with E-state index in [1.807, 2.05) is 12.1 Å². The molecular formula is C17H23N3O2S. The Morgan fingerprint density at radius 1 is 1.43 bits per heavy atom. The maximum Gasteiger partial charge on any atom is 0.151 e. The van der Waals surface area contributed by atoms with Crippen LogP contribution in [-0.4, -0.2) is 47.4 Å². The van der Waals surface area contributed by atoms with E-state index in [1.165, 1.54) is 11.1 Å². The lowest BCUT2D eigenvalue weighted by molar-refractivity contribution is 0.222. The molecule has 23 heavy (non-hydrogen) atoms. The lowest BCUT2D eigenvalue weighted by atomic mass is 10.1. The SMILES string of the molecule is C=CCN(Cc1nc2c(C)c(C)ccc2[nH]1)[C@H]1CCS(=O)(=O)C1. The lowest BCUT2D eigenvalue weighted by Gasteiger charge is -2.25. The summed E-state index contributed by atoms with van der Waals surface area (Å²) < 4.78 is 23.5. The van der Waals surface area contributed by atoms with E-state index in [0.29, 0.717) is 19.5 Å². The van der Waals surface area contributed by atoms with Crippen LogP contribution in [0.4, 0.5) is 0 Å². The number of hydrogen-bond acceptors (Lipinski definition) is 4. The number of aromatic amines is 1. The molecule has 2 aromatic rings. The highest BCUT2D eigenvalue weighted by Crippen LogP contribution is 2.22. The van der Waals surface area contributed by atoms with Gasteiger partial charge in [-0.25, -0.2) is 13.4 Å². The van der Waals surface area contributed by atoms with Crippen molar-refractivity contribution in [3.8, 4) is 0 Å². The molecule has 0 bridgehead atoms. The van der Waals surface area contributed by atoms with Crippen LogP contribution in [0.25, 0.3) is 11.0 Å². The van der Waals surface area contributed by atoms with Crippen LogP contribution in [0, 0.1) is 13.8 Å². The highest BCUT2D eigenvalue weighted by molar-refractivity contribution is 7.91. The molecule has 1 aromatic heterocycles. The van der Waals surface area contributed by atoms with Crippen LogP contribution in [0.1, 0.15) is 23.4 Å². The molecular weight excluding hydrogens is 310 g/mol. The minimum absolute atomic E-state index is 0.0500. The first-order valence-electron chi connectivity index (χ1n) is 7.90. The third-order valence-corrected chi connectivity index (χ3v) is 6.42. The van der Waals surface area contributed by atoms with Crippen LogP contribution in [-0.2, 0) is 16.4 Å². The minimum Gasteiger partial charge on any atom is -0.341 e. The van der Waals surface area contributed by atoms with E-state index < -0.39 is 9.84 Å². The standard InChI is InChI=1S/C17H23N3O2S/c1-4-8-20(14-7-9-23(21,22)11-14)10-16-18-15-6-5-12(2)13(3)17(15)19-16/h4-6,14H,1,7-11H2,2-3H3,(H,18,19)/t14-/m0/s1. The fraction of sp³-hybridized carbons (Fsp3) is 0.471. The molecule has 1 atom stereocenters. The Morgan fingerprint density at radius 2 is 2.22 bits per heavy atom. The molecule has 0 aliphatic carbocycles. The van der Waals surface area contributed by atoms with Crippen molar-refractivity contribution in [2.45, 2.75) is 32.9 Å². The minimum atomic E-state index is -2.89. The first kappa shape index (κ1) is 16.2. The molecule has 124 valence electrons. The van der Waals surface area contributed by atoms with Crippen molar-refractivity contribution >= 4 is 20.9 Å². The van der Waals surface area contributed by atoms with Crippen LogP contribution in [0.2, 0.25) is 0 Å². The van der Waals surface area contributed by atoms with Gasteiger partial charge in [0.25, 0.3) is 0 Å². The summed E-state index contributed by atoms with van der Waals surface area (Å²) >= 11 is 0. The van der Waals surface area contributed by atoms with Crippen molar-refractivity contribution in [3.63, 3.8) is 0 Å². The third-order valence-electron chi connectivity index (χ3n) is 4.67. The fourth-order valence-electron chi connectivity index (χ4n) is 3.20. The van der Waals surface area contributed by atoms with E-state index in [1.54, 1.807) is 0 Å². The van der Waals surface area contributed by atoms with E-state index in [-0.39, 0.29) is 17.5 Å². The number of rotatable bonds is 5. The highest BCUT2D eigenvalue weighted by atomic mass is 32.2.